The molecule has 2 aliphatic heterocycles. The lowest BCUT2D eigenvalue weighted by Crippen LogP contribution is -2.44. The molecule has 3 rings (SSSR count). The molecule has 8 nitrogen and oxygen atoms in total. The first-order valence-electron chi connectivity index (χ1n) is 9.59. The summed E-state index contributed by atoms with van der Waals surface area (Å²) in [6.07, 6.45) is 8.32. The lowest BCUT2D eigenvalue weighted by Gasteiger charge is -2.24. The molecule has 0 aromatic heterocycles. The fraction of sp³-hybridized carbons (Fsp3) is 0.778. The van der Waals surface area contributed by atoms with Crippen molar-refractivity contribution in [2.24, 2.45) is 0 Å². The zero-order valence-corrected chi connectivity index (χ0v) is 15.1. The zero-order chi connectivity index (χ0) is 18.6. The molecule has 3 fully saturated rings. The lowest BCUT2D eigenvalue weighted by atomic mass is 9.98. The van der Waals surface area contributed by atoms with E-state index in [2.05, 4.69) is 5.32 Å². The maximum Gasteiger partial charge on any atom is 0.326 e. The Balaban J connectivity index is 1.47. The highest BCUT2D eigenvalue weighted by molar-refractivity contribution is 6.08. The predicted octanol–water partition coefficient (Wildman–Crippen LogP) is 1.19. The quantitative estimate of drug-likeness (QED) is 0.596. The van der Waals surface area contributed by atoms with Crippen LogP contribution in [0.5, 0.6) is 0 Å². The van der Waals surface area contributed by atoms with Crippen molar-refractivity contribution in [3.63, 3.8) is 0 Å². The highest BCUT2D eigenvalue weighted by Gasteiger charge is 2.52. The standard InChI is InChI=1S/C18H27N3O5/c22-14(20-10-6-2-1-3-7-11-20)13-26-15(23)12-21-16(24)18(19-17(21)25)8-4-5-9-18/h1-13H2,(H,19,25). The Morgan fingerprint density at radius 2 is 1.58 bits per heavy atom. The molecule has 0 bridgehead atoms. The summed E-state index contributed by atoms with van der Waals surface area (Å²) in [6.45, 7) is 0.588. The van der Waals surface area contributed by atoms with Crippen LogP contribution in [0.3, 0.4) is 0 Å². The van der Waals surface area contributed by atoms with Gasteiger partial charge in [0.05, 0.1) is 0 Å². The molecule has 8 heteroatoms. The van der Waals surface area contributed by atoms with Gasteiger partial charge in [-0.3, -0.25) is 19.3 Å². The molecule has 1 saturated carbocycles. The van der Waals surface area contributed by atoms with Gasteiger partial charge in [0.15, 0.2) is 6.61 Å². The Kier molecular flexibility index (Phi) is 5.78. The second-order valence-corrected chi connectivity index (χ2v) is 7.42. The van der Waals surface area contributed by atoms with Crippen LogP contribution in [-0.4, -0.2) is 65.4 Å². The number of esters is 1. The fourth-order valence-corrected chi connectivity index (χ4v) is 4.04. The molecule has 2 saturated heterocycles. The number of hydrogen-bond acceptors (Lipinski definition) is 5. The van der Waals surface area contributed by atoms with Crippen LogP contribution in [0.4, 0.5) is 4.79 Å². The number of nitrogens with one attached hydrogen (secondary N) is 1. The van der Waals surface area contributed by atoms with Crippen molar-refractivity contribution in [1.29, 1.82) is 0 Å². The van der Waals surface area contributed by atoms with E-state index in [-0.39, 0.29) is 18.4 Å². The summed E-state index contributed by atoms with van der Waals surface area (Å²) in [5.74, 6) is -1.30. The predicted molar refractivity (Wildman–Crippen MR) is 92.1 cm³/mol. The van der Waals surface area contributed by atoms with Crippen molar-refractivity contribution >= 4 is 23.8 Å². The van der Waals surface area contributed by atoms with E-state index in [1.165, 1.54) is 6.42 Å². The molecule has 3 aliphatic rings. The molecule has 0 radical (unpaired) electrons. The monoisotopic (exact) mass is 365 g/mol. The Morgan fingerprint density at radius 3 is 2.23 bits per heavy atom. The summed E-state index contributed by atoms with van der Waals surface area (Å²) in [5, 5.41) is 2.72. The molecule has 2 heterocycles. The summed E-state index contributed by atoms with van der Waals surface area (Å²) < 4.78 is 5.03. The van der Waals surface area contributed by atoms with Crippen molar-refractivity contribution in [3.8, 4) is 0 Å². The highest BCUT2D eigenvalue weighted by atomic mass is 16.5. The van der Waals surface area contributed by atoms with E-state index >= 15 is 0 Å². The number of rotatable bonds is 4. The SMILES string of the molecule is O=C(CN1C(=O)NC2(CCCC2)C1=O)OCC(=O)N1CCCCCCC1. The number of urea groups is 1. The average Bonchev–Trinajstić information content (AvgIpc) is 3.14. The number of nitrogens with zero attached hydrogens (tertiary/aromatic N) is 2. The Bertz CT molecular complexity index is 577. The fourth-order valence-electron chi connectivity index (χ4n) is 4.04. The molecular formula is C18H27N3O5. The number of imide groups is 1. The van der Waals surface area contributed by atoms with Crippen LogP contribution < -0.4 is 5.32 Å². The van der Waals surface area contributed by atoms with Gasteiger partial charge in [-0.25, -0.2) is 4.79 Å². The molecule has 4 amide bonds. The van der Waals surface area contributed by atoms with Crippen LogP contribution >= 0.6 is 0 Å². The molecule has 1 aliphatic carbocycles. The van der Waals surface area contributed by atoms with E-state index in [0.29, 0.717) is 25.9 Å². The second-order valence-electron chi connectivity index (χ2n) is 7.42. The number of carbonyl (C=O) groups is 4. The van der Waals surface area contributed by atoms with E-state index < -0.39 is 24.1 Å². The van der Waals surface area contributed by atoms with Gasteiger partial charge in [0.1, 0.15) is 12.1 Å². The topological polar surface area (TPSA) is 96.0 Å². The number of hydrogen-bond donors (Lipinski definition) is 1. The third kappa shape index (κ3) is 3.99. The number of amides is 4. The Morgan fingerprint density at radius 1 is 0.962 bits per heavy atom. The molecule has 1 N–H and O–H groups in total. The summed E-state index contributed by atoms with van der Waals surface area (Å²) in [4.78, 5) is 51.4. The first kappa shape index (κ1) is 18.7. The van der Waals surface area contributed by atoms with Gasteiger partial charge in [0, 0.05) is 13.1 Å². The minimum absolute atomic E-state index is 0.218. The van der Waals surface area contributed by atoms with E-state index in [4.69, 9.17) is 4.74 Å². The van der Waals surface area contributed by atoms with Crippen molar-refractivity contribution in [1.82, 2.24) is 15.1 Å². The average molecular weight is 365 g/mol. The van der Waals surface area contributed by atoms with E-state index in [0.717, 1.165) is 43.4 Å². The van der Waals surface area contributed by atoms with Gasteiger partial charge in [0.2, 0.25) is 0 Å². The summed E-state index contributed by atoms with van der Waals surface area (Å²) in [6, 6.07) is -0.552. The molecule has 0 aromatic carbocycles. The third-order valence-corrected chi connectivity index (χ3v) is 5.56. The smallest absolute Gasteiger partial charge is 0.326 e. The third-order valence-electron chi connectivity index (χ3n) is 5.56. The summed E-state index contributed by atoms with van der Waals surface area (Å²) >= 11 is 0. The van der Waals surface area contributed by atoms with Gasteiger partial charge < -0.3 is 15.0 Å². The van der Waals surface area contributed by atoms with Crippen LogP contribution in [0.1, 0.15) is 57.8 Å². The summed E-state index contributed by atoms with van der Waals surface area (Å²) in [5.41, 5.74) is -0.836. The molecule has 144 valence electrons. The first-order chi connectivity index (χ1) is 12.5. The normalized spacial score (nSPS) is 22.9. The van der Waals surface area contributed by atoms with Crippen LogP contribution in [-0.2, 0) is 19.1 Å². The Labute approximate surface area is 153 Å². The largest absolute Gasteiger partial charge is 0.454 e. The van der Waals surface area contributed by atoms with Crippen LogP contribution in [0.2, 0.25) is 0 Å². The second kappa shape index (κ2) is 8.05. The van der Waals surface area contributed by atoms with Crippen molar-refractivity contribution < 1.29 is 23.9 Å². The Hall–Kier alpha value is -2.12. The van der Waals surface area contributed by atoms with Crippen molar-refractivity contribution in [2.45, 2.75) is 63.3 Å². The van der Waals surface area contributed by atoms with Gasteiger partial charge in [-0.15, -0.1) is 0 Å². The summed E-state index contributed by atoms with van der Waals surface area (Å²) in [7, 11) is 0. The molecule has 1 spiro atoms. The van der Waals surface area contributed by atoms with E-state index in [9.17, 15) is 19.2 Å². The lowest BCUT2D eigenvalue weighted by molar-refractivity contribution is -0.154. The van der Waals surface area contributed by atoms with E-state index in [1.54, 1.807) is 4.90 Å². The van der Waals surface area contributed by atoms with Crippen LogP contribution in [0.15, 0.2) is 0 Å². The molecule has 0 unspecified atom stereocenters. The minimum atomic E-state index is -0.836. The zero-order valence-electron chi connectivity index (χ0n) is 15.1. The van der Waals surface area contributed by atoms with Gasteiger partial charge in [-0.2, -0.15) is 0 Å². The van der Waals surface area contributed by atoms with Crippen molar-refractivity contribution in [3.05, 3.63) is 0 Å². The molecule has 0 atom stereocenters. The maximum atomic E-state index is 12.5. The van der Waals surface area contributed by atoms with Gasteiger partial charge >= 0.3 is 12.0 Å². The van der Waals surface area contributed by atoms with Crippen LogP contribution in [0.25, 0.3) is 0 Å². The highest BCUT2D eigenvalue weighted by Crippen LogP contribution is 2.34. The maximum absolute atomic E-state index is 12.5. The van der Waals surface area contributed by atoms with Gasteiger partial charge in [-0.1, -0.05) is 32.1 Å². The number of ether oxygens (including phenoxy) is 1. The molecule has 26 heavy (non-hydrogen) atoms. The van der Waals surface area contributed by atoms with Gasteiger partial charge in [-0.05, 0) is 25.7 Å². The van der Waals surface area contributed by atoms with E-state index in [1.807, 2.05) is 0 Å². The first-order valence-corrected chi connectivity index (χ1v) is 9.59. The minimum Gasteiger partial charge on any atom is -0.454 e. The number of likely N-dealkylation sites (tertiary alicyclic amines) is 1. The molecule has 0 aromatic rings. The number of carbonyl (C=O) groups excluding carboxylic acids is 4. The van der Waals surface area contributed by atoms with Crippen molar-refractivity contribution in [2.75, 3.05) is 26.2 Å². The van der Waals surface area contributed by atoms with Gasteiger partial charge in [0.25, 0.3) is 11.8 Å². The van der Waals surface area contributed by atoms with Crippen LogP contribution in [0, 0.1) is 0 Å². The molecular weight excluding hydrogens is 338 g/mol.